The molecule has 0 radical (unpaired) electrons. The first-order valence-corrected chi connectivity index (χ1v) is 6.12. The molecule has 0 bridgehead atoms. The number of allylic oxidation sites excluding steroid dienone is 1. The van der Waals surface area contributed by atoms with Crippen LogP contribution in [0, 0.1) is 0 Å². The fourth-order valence-electron chi connectivity index (χ4n) is 2.15. The zero-order valence-corrected chi connectivity index (χ0v) is 9.71. The molecule has 0 spiro atoms. The SMILES string of the molecule is Nc1ccccc1NCCC1=CCCCC1. The van der Waals surface area contributed by atoms with E-state index in [1.165, 1.54) is 25.7 Å². The molecule has 1 aliphatic carbocycles. The van der Waals surface area contributed by atoms with Crippen molar-refractivity contribution in [1.29, 1.82) is 0 Å². The molecule has 0 aliphatic heterocycles. The van der Waals surface area contributed by atoms with Crippen LogP contribution in [0.5, 0.6) is 0 Å². The summed E-state index contributed by atoms with van der Waals surface area (Å²) < 4.78 is 0. The minimum atomic E-state index is 0.833. The maximum atomic E-state index is 5.86. The Hall–Kier alpha value is -1.44. The minimum Gasteiger partial charge on any atom is -0.397 e. The van der Waals surface area contributed by atoms with Crippen molar-refractivity contribution in [3.05, 3.63) is 35.9 Å². The van der Waals surface area contributed by atoms with E-state index in [1.54, 1.807) is 5.57 Å². The average molecular weight is 216 g/mol. The quantitative estimate of drug-likeness (QED) is 0.596. The Labute approximate surface area is 97.5 Å². The fraction of sp³-hybridized carbons (Fsp3) is 0.429. The van der Waals surface area contributed by atoms with Crippen LogP contribution in [0.4, 0.5) is 11.4 Å². The summed E-state index contributed by atoms with van der Waals surface area (Å²) >= 11 is 0. The molecule has 0 saturated carbocycles. The molecule has 3 N–H and O–H groups in total. The number of hydrogen-bond acceptors (Lipinski definition) is 2. The van der Waals surface area contributed by atoms with E-state index in [9.17, 15) is 0 Å². The van der Waals surface area contributed by atoms with Gasteiger partial charge in [0.05, 0.1) is 11.4 Å². The van der Waals surface area contributed by atoms with E-state index in [4.69, 9.17) is 5.73 Å². The predicted molar refractivity (Wildman–Crippen MR) is 70.5 cm³/mol. The lowest BCUT2D eigenvalue weighted by Gasteiger charge is -2.14. The highest BCUT2D eigenvalue weighted by Gasteiger charge is 2.03. The molecule has 0 saturated heterocycles. The molecule has 1 aliphatic rings. The van der Waals surface area contributed by atoms with Gasteiger partial charge in [-0.05, 0) is 44.2 Å². The van der Waals surface area contributed by atoms with Gasteiger partial charge in [-0.15, -0.1) is 0 Å². The number of para-hydroxylation sites is 2. The van der Waals surface area contributed by atoms with Gasteiger partial charge in [-0.3, -0.25) is 0 Å². The summed E-state index contributed by atoms with van der Waals surface area (Å²) in [6.07, 6.45) is 8.82. The molecule has 1 aromatic carbocycles. The van der Waals surface area contributed by atoms with Crippen molar-refractivity contribution in [2.24, 2.45) is 0 Å². The lowest BCUT2D eigenvalue weighted by molar-refractivity contribution is 0.679. The van der Waals surface area contributed by atoms with E-state index in [0.717, 1.165) is 24.3 Å². The summed E-state index contributed by atoms with van der Waals surface area (Å²) in [6.45, 7) is 0.986. The molecule has 0 atom stereocenters. The Balaban J connectivity index is 1.80. The highest BCUT2D eigenvalue weighted by atomic mass is 14.9. The molecular weight excluding hydrogens is 196 g/mol. The van der Waals surface area contributed by atoms with Gasteiger partial charge >= 0.3 is 0 Å². The first-order chi connectivity index (χ1) is 7.86. The molecular formula is C14H20N2. The second-order valence-electron chi connectivity index (χ2n) is 4.37. The highest BCUT2D eigenvalue weighted by Crippen LogP contribution is 2.21. The molecule has 0 amide bonds. The van der Waals surface area contributed by atoms with E-state index in [0.29, 0.717) is 0 Å². The number of anilines is 2. The van der Waals surface area contributed by atoms with Crippen molar-refractivity contribution in [1.82, 2.24) is 0 Å². The third-order valence-corrected chi connectivity index (χ3v) is 3.11. The number of rotatable bonds is 4. The van der Waals surface area contributed by atoms with Crippen molar-refractivity contribution >= 4 is 11.4 Å². The van der Waals surface area contributed by atoms with Gasteiger partial charge in [0.15, 0.2) is 0 Å². The Morgan fingerprint density at radius 1 is 1.19 bits per heavy atom. The second-order valence-corrected chi connectivity index (χ2v) is 4.37. The van der Waals surface area contributed by atoms with Gasteiger partial charge in [-0.25, -0.2) is 0 Å². The summed E-state index contributed by atoms with van der Waals surface area (Å²) in [7, 11) is 0. The Morgan fingerprint density at radius 2 is 2.06 bits per heavy atom. The molecule has 1 aromatic rings. The van der Waals surface area contributed by atoms with Gasteiger partial charge < -0.3 is 11.1 Å². The Bertz CT molecular complexity index is 369. The van der Waals surface area contributed by atoms with Crippen LogP contribution in [0.2, 0.25) is 0 Å². The molecule has 0 fully saturated rings. The van der Waals surface area contributed by atoms with Crippen LogP contribution in [0.25, 0.3) is 0 Å². The van der Waals surface area contributed by atoms with E-state index >= 15 is 0 Å². The standard InChI is InChI=1S/C14H20N2/c15-13-8-4-5-9-14(13)16-11-10-12-6-2-1-3-7-12/h4-6,8-9,16H,1-3,7,10-11,15H2. The third-order valence-electron chi connectivity index (χ3n) is 3.11. The topological polar surface area (TPSA) is 38.0 Å². The van der Waals surface area contributed by atoms with Crippen LogP contribution in [0.15, 0.2) is 35.9 Å². The number of nitrogens with one attached hydrogen (secondary N) is 1. The van der Waals surface area contributed by atoms with Crippen molar-refractivity contribution in [3.63, 3.8) is 0 Å². The van der Waals surface area contributed by atoms with E-state index < -0.39 is 0 Å². The van der Waals surface area contributed by atoms with Crippen LogP contribution in [-0.4, -0.2) is 6.54 Å². The van der Waals surface area contributed by atoms with Crippen LogP contribution in [0.3, 0.4) is 0 Å². The van der Waals surface area contributed by atoms with Crippen molar-refractivity contribution in [2.45, 2.75) is 32.1 Å². The summed E-state index contributed by atoms with van der Waals surface area (Å²) in [5, 5.41) is 3.39. The van der Waals surface area contributed by atoms with Crippen molar-refractivity contribution in [2.75, 3.05) is 17.6 Å². The van der Waals surface area contributed by atoms with Gasteiger partial charge in [-0.2, -0.15) is 0 Å². The molecule has 2 rings (SSSR count). The zero-order chi connectivity index (χ0) is 11.2. The molecule has 0 aromatic heterocycles. The van der Waals surface area contributed by atoms with Gasteiger partial charge in [0.1, 0.15) is 0 Å². The lowest BCUT2D eigenvalue weighted by atomic mass is 9.97. The monoisotopic (exact) mass is 216 g/mol. The van der Waals surface area contributed by atoms with Gasteiger partial charge in [-0.1, -0.05) is 23.8 Å². The zero-order valence-electron chi connectivity index (χ0n) is 9.71. The predicted octanol–water partition coefficient (Wildman–Crippen LogP) is 3.57. The van der Waals surface area contributed by atoms with Crippen molar-refractivity contribution in [3.8, 4) is 0 Å². The van der Waals surface area contributed by atoms with Crippen LogP contribution in [0.1, 0.15) is 32.1 Å². The van der Waals surface area contributed by atoms with E-state index in [-0.39, 0.29) is 0 Å². The smallest absolute Gasteiger partial charge is 0.0574 e. The average Bonchev–Trinajstić information content (AvgIpc) is 2.33. The highest BCUT2D eigenvalue weighted by molar-refractivity contribution is 5.65. The molecule has 86 valence electrons. The van der Waals surface area contributed by atoms with Crippen molar-refractivity contribution < 1.29 is 0 Å². The number of nitrogens with two attached hydrogens (primary N) is 1. The first-order valence-electron chi connectivity index (χ1n) is 6.12. The third kappa shape index (κ3) is 3.02. The van der Waals surface area contributed by atoms with Crippen LogP contribution >= 0.6 is 0 Å². The summed E-state index contributed by atoms with van der Waals surface area (Å²) in [5.74, 6) is 0. The maximum Gasteiger partial charge on any atom is 0.0574 e. The Morgan fingerprint density at radius 3 is 2.81 bits per heavy atom. The molecule has 2 nitrogen and oxygen atoms in total. The van der Waals surface area contributed by atoms with E-state index in [1.807, 2.05) is 24.3 Å². The van der Waals surface area contributed by atoms with Gasteiger partial charge in [0, 0.05) is 6.54 Å². The first kappa shape index (κ1) is 11.1. The summed E-state index contributed by atoms with van der Waals surface area (Å²) in [5.41, 5.74) is 9.36. The number of benzene rings is 1. The number of hydrogen-bond donors (Lipinski definition) is 2. The maximum absolute atomic E-state index is 5.86. The fourth-order valence-corrected chi connectivity index (χ4v) is 2.15. The minimum absolute atomic E-state index is 0.833. The molecule has 2 heteroatoms. The summed E-state index contributed by atoms with van der Waals surface area (Å²) in [6, 6.07) is 7.94. The largest absolute Gasteiger partial charge is 0.397 e. The molecule has 0 heterocycles. The normalized spacial score (nSPS) is 15.6. The number of nitrogen functional groups attached to an aromatic ring is 1. The Kier molecular flexibility index (Phi) is 3.86. The van der Waals surface area contributed by atoms with Gasteiger partial charge in [0.25, 0.3) is 0 Å². The van der Waals surface area contributed by atoms with Gasteiger partial charge in [0.2, 0.25) is 0 Å². The van der Waals surface area contributed by atoms with Crippen LogP contribution in [-0.2, 0) is 0 Å². The lowest BCUT2D eigenvalue weighted by Crippen LogP contribution is -2.06. The second kappa shape index (κ2) is 5.59. The summed E-state index contributed by atoms with van der Waals surface area (Å²) in [4.78, 5) is 0. The molecule has 0 unspecified atom stereocenters. The molecule has 16 heavy (non-hydrogen) atoms. The van der Waals surface area contributed by atoms with E-state index in [2.05, 4.69) is 11.4 Å². The van der Waals surface area contributed by atoms with Crippen LogP contribution < -0.4 is 11.1 Å².